The Hall–Kier alpha value is -4.25. The maximum Gasteiger partial charge on any atom is 0.337 e. The summed E-state index contributed by atoms with van der Waals surface area (Å²) in [6.07, 6.45) is 5.29. The van der Waals surface area contributed by atoms with Crippen LogP contribution in [0.3, 0.4) is 0 Å². The van der Waals surface area contributed by atoms with Crippen molar-refractivity contribution in [3.63, 3.8) is 0 Å². The Morgan fingerprint density at radius 1 is 0.929 bits per heavy atom. The Labute approximate surface area is 335 Å². The predicted molar refractivity (Wildman–Crippen MR) is 223 cm³/mol. The molecule has 3 aliphatic rings. The van der Waals surface area contributed by atoms with E-state index in [1.54, 1.807) is 6.33 Å². The molecule has 0 saturated carbocycles. The average molecular weight is 779 g/mol. The fraction of sp³-hybridized carbons (Fsp3) is 0.511. The SMILES string of the molecule is CC1(C)CCN(Cc2nc(Cl)c([C@H](OC(C)(C)C)C(=O)O)c(N3CCC(C)(C)CC3)c2-c2ccc3c(c2)CCN(c2ncnc4c2oc2ccccc24)C3)CC1. The number of aromatic nitrogens is 3. The number of para-hydroxylation sites is 1. The predicted octanol–water partition coefficient (Wildman–Crippen LogP) is 9.84. The Balaban J connectivity index is 1.24. The van der Waals surface area contributed by atoms with Gasteiger partial charge in [-0.3, -0.25) is 4.90 Å². The number of furan rings is 1. The van der Waals surface area contributed by atoms with Crippen molar-refractivity contribution in [3.8, 4) is 11.1 Å². The molecule has 5 aromatic rings. The van der Waals surface area contributed by atoms with E-state index in [-0.39, 0.29) is 10.6 Å². The number of likely N-dealkylation sites (tertiary alicyclic amines) is 1. The summed E-state index contributed by atoms with van der Waals surface area (Å²) in [5.74, 6) is -0.277. The first-order chi connectivity index (χ1) is 26.6. The molecule has 0 unspecified atom stereocenters. The quantitative estimate of drug-likeness (QED) is 0.153. The van der Waals surface area contributed by atoms with Crippen LogP contribution in [0.2, 0.25) is 5.15 Å². The van der Waals surface area contributed by atoms with Gasteiger partial charge in [-0.2, -0.15) is 0 Å². The number of piperidine rings is 2. The van der Waals surface area contributed by atoms with Gasteiger partial charge in [-0.05, 0) is 106 Å². The van der Waals surface area contributed by atoms with Gasteiger partial charge in [0.25, 0.3) is 0 Å². The maximum atomic E-state index is 13.2. The summed E-state index contributed by atoms with van der Waals surface area (Å²) in [6.45, 7) is 20.5. The van der Waals surface area contributed by atoms with Crippen LogP contribution in [0.25, 0.3) is 33.2 Å². The fourth-order valence-corrected chi connectivity index (χ4v) is 8.95. The molecule has 6 heterocycles. The van der Waals surface area contributed by atoms with Gasteiger partial charge in [-0.25, -0.2) is 19.7 Å². The van der Waals surface area contributed by atoms with Crippen LogP contribution in [0.15, 0.2) is 53.2 Å². The van der Waals surface area contributed by atoms with Crippen molar-refractivity contribution in [3.05, 3.63) is 76.3 Å². The average Bonchev–Trinajstić information content (AvgIpc) is 3.53. The summed E-state index contributed by atoms with van der Waals surface area (Å²) in [7, 11) is 0. The van der Waals surface area contributed by atoms with Gasteiger partial charge in [0.05, 0.1) is 22.5 Å². The number of halogens is 1. The lowest BCUT2D eigenvalue weighted by molar-refractivity contribution is -0.160. The number of pyridine rings is 1. The van der Waals surface area contributed by atoms with Crippen LogP contribution in [0, 0.1) is 10.8 Å². The number of carboxylic acid groups (broad SMARTS) is 1. The molecule has 8 rings (SSSR count). The molecule has 56 heavy (non-hydrogen) atoms. The molecule has 0 aliphatic carbocycles. The van der Waals surface area contributed by atoms with Crippen LogP contribution in [0.4, 0.5) is 11.5 Å². The third-order valence-corrected chi connectivity index (χ3v) is 12.4. The van der Waals surface area contributed by atoms with E-state index < -0.39 is 17.7 Å². The summed E-state index contributed by atoms with van der Waals surface area (Å²) >= 11 is 7.23. The number of ether oxygens (including phenoxy) is 1. The molecule has 296 valence electrons. The fourth-order valence-electron chi connectivity index (χ4n) is 8.66. The van der Waals surface area contributed by atoms with E-state index in [9.17, 15) is 9.90 Å². The van der Waals surface area contributed by atoms with Crippen LogP contribution in [0.1, 0.15) is 103 Å². The number of anilines is 2. The highest BCUT2D eigenvalue weighted by molar-refractivity contribution is 6.31. The number of rotatable bonds is 8. The molecule has 1 N–H and O–H groups in total. The van der Waals surface area contributed by atoms with Crippen molar-refractivity contribution >= 4 is 51.1 Å². The van der Waals surface area contributed by atoms with Gasteiger partial charge >= 0.3 is 5.97 Å². The molecule has 2 saturated heterocycles. The molecule has 11 heteroatoms. The number of aliphatic carboxylic acids is 1. The first-order valence-electron chi connectivity index (χ1n) is 20.2. The molecular weight excluding hydrogens is 724 g/mol. The number of benzene rings is 2. The zero-order valence-corrected chi connectivity index (χ0v) is 34.7. The van der Waals surface area contributed by atoms with Crippen LogP contribution in [-0.2, 0) is 29.0 Å². The minimum atomic E-state index is -1.29. The van der Waals surface area contributed by atoms with Crippen molar-refractivity contribution in [1.82, 2.24) is 19.9 Å². The van der Waals surface area contributed by atoms with E-state index >= 15 is 0 Å². The van der Waals surface area contributed by atoms with Gasteiger partial charge in [-0.1, -0.05) is 69.6 Å². The topological polar surface area (TPSA) is 108 Å². The Kier molecular flexibility index (Phi) is 10.1. The first-order valence-corrected chi connectivity index (χ1v) is 20.5. The molecule has 10 nitrogen and oxygen atoms in total. The first kappa shape index (κ1) is 38.6. The number of hydrogen-bond donors (Lipinski definition) is 1. The van der Waals surface area contributed by atoms with Crippen LogP contribution >= 0.6 is 11.6 Å². The number of carboxylic acids is 1. The second-order valence-electron chi connectivity index (χ2n) is 18.7. The lowest BCUT2D eigenvalue weighted by Gasteiger charge is -2.41. The number of nitrogens with zero attached hydrogens (tertiary/aromatic N) is 6. The van der Waals surface area contributed by atoms with Crippen LogP contribution in [0.5, 0.6) is 0 Å². The van der Waals surface area contributed by atoms with Gasteiger partial charge in [-0.15, -0.1) is 0 Å². The van der Waals surface area contributed by atoms with Gasteiger partial charge in [0.15, 0.2) is 17.5 Å². The minimum absolute atomic E-state index is 0.181. The summed E-state index contributed by atoms with van der Waals surface area (Å²) in [5.41, 5.74) is 8.69. The Morgan fingerprint density at radius 2 is 1.62 bits per heavy atom. The van der Waals surface area contributed by atoms with E-state index in [1.807, 2.05) is 45.0 Å². The monoisotopic (exact) mass is 778 g/mol. The van der Waals surface area contributed by atoms with E-state index in [1.165, 1.54) is 11.1 Å². The molecule has 0 bridgehead atoms. The molecule has 2 aromatic carbocycles. The lowest BCUT2D eigenvalue weighted by Crippen LogP contribution is -2.40. The molecule has 1 atom stereocenters. The highest BCUT2D eigenvalue weighted by atomic mass is 35.5. The number of carbonyl (C=O) groups is 1. The largest absolute Gasteiger partial charge is 0.479 e. The minimum Gasteiger partial charge on any atom is -0.479 e. The third-order valence-electron chi connectivity index (χ3n) is 12.2. The van der Waals surface area contributed by atoms with Crippen LogP contribution < -0.4 is 9.80 Å². The van der Waals surface area contributed by atoms with Gasteiger partial charge < -0.3 is 24.1 Å². The van der Waals surface area contributed by atoms with Crippen molar-refractivity contribution < 1.29 is 19.1 Å². The molecule has 0 amide bonds. The summed E-state index contributed by atoms with van der Waals surface area (Å²) in [6, 6.07) is 14.7. The zero-order chi connectivity index (χ0) is 39.6. The smallest absolute Gasteiger partial charge is 0.337 e. The highest BCUT2D eigenvalue weighted by Crippen LogP contribution is 2.47. The molecular formula is C45H55ClN6O4. The normalized spacial score (nSPS) is 19.4. The second kappa shape index (κ2) is 14.6. The van der Waals surface area contributed by atoms with Crippen LogP contribution in [-0.4, -0.2) is 69.3 Å². The maximum absolute atomic E-state index is 13.2. The summed E-state index contributed by atoms with van der Waals surface area (Å²) in [5, 5.41) is 12.0. The van der Waals surface area contributed by atoms with Gasteiger partial charge in [0.2, 0.25) is 0 Å². The van der Waals surface area contributed by atoms with E-state index in [4.69, 9.17) is 30.7 Å². The van der Waals surface area contributed by atoms with Crippen molar-refractivity contribution in [2.45, 2.75) is 105 Å². The van der Waals surface area contributed by atoms with Gasteiger partial charge in [0.1, 0.15) is 22.6 Å². The Bertz CT molecular complexity index is 2270. The zero-order valence-electron chi connectivity index (χ0n) is 33.9. The molecule has 0 spiro atoms. The second-order valence-corrected chi connectivity index (χ2v) is 19.0. The Morgan fingerprint density at radius 3 is 2.32 bits per heavy atom. The molecule has 3 aromatic heterocycles. The van der Waals surface area contributed by atoms with E-state index in [0.717, 1.165) is 110 Å². The van der Waals surface area contributed by atoms with E-state index in [0.29, 0.717) is 29.7 Å². The molecule has 0 radical (unpaired) electrons. The van der Waals surface area contributed by atoms with Crippen molar-refractivity contribution in [2.24, 2.45) is 10.8 Å². The molecule has 3 aliphatic heterocycles. The molecule has 2 fully saturated rings. The van der Waals surface area contributed by atoms with Crippen molar-refractivity contribution in [2.75, 3.05) is 42.5 Å². The lowest BCUT2D eigenvalue weighted by atomic mass is 9.81. The van der Waals surface area contributed by atoms with Crippen molar-refractivity contribution in [1.29, 1.82) is 0 Å². The van der Waals surface area contributed by atoms with Gasteiger partial charge in [0, 0.05) is 43.7 Å². The summed E-state index contributed by atoms with van der Waals surface area (Å²) < 4.78 is 12.7. The number of fused-ring (bicyclic) bond motifs is 4. The third kappa shape index (κ3) is 7.72. The van der Waals surface area contributed by atoms with E-state index in [2.05, 4.69) is 65.6 Å². The number of hydrogen-bond acceptors (Lipinski definition) is 9. The standard InChI is InChI=1S/C45H55ClN6O4/c1-43(2,3)56-38(42(53)54)35-37(51-22-17-45(6,7)18-23-51)34(32(49-40(35)46)26-50-20-15-44(4,5)16-21-50)29-12-13-30-25-52(19-14-28(30)24-29)41-39-36(47-27-48-41)31-10-8-9-11-33(31)55-39/h8-13,24,27,38H,14-23,25-26H2,1-7H3,(H,53,54)/t38-/m0/s1. The highest BCUT2D eigenvalue weighted by Gasteiger charge is 2.38. The summed E-state index contributed by atoms with van der Waals surface area (Å²) in [4.78, 5) is 34.7.